The Balaban J connectivity index is 1.50. The standard InChI is InChI=1S/C21H23N3O4S/c1-12-4-6-15(7-5-12)22-19(25)11-29-14(3)21(27)23-16-8-9-18-17(10-16)24-20(26)13(2)28-18/h4-10,13-14H,11H2,1-3H3,(H,22,25)(H,23,27)(H,24,26)/t13-,14+/m1/s1. The van der Waals surface area contributed by atoms with Gasteiger partial charge >= 0.3 is 0 Å². The van der Waals surface area contributed by atoms with Gasteiger partial charge < -0.3 is 20.7 Å². The normalized spacial score (nSPS) is 16.1. The molecule has 0 unspecified atom stereocenters. The number of hydrogen-bond donors (Lipinski definition) is 3. The minimum absolute atomic E-state index is 0.161. The maximum Gasteiger partial charge on any atom is 0.265 e. The van der Waals surface area contributed by atoms with Crippen molar-refractivity contribution >= 4 is 46.5 Å². The van der Waals surface area contributed by atoms with E-state index in [1.54, 1.807) is 32.0 Å². The van der Waals surface area contributed by atoms with E-state index in [-0.39, 0.29) is 23.5 Å². The number of fused-ring (bicyclic) bond motifs is 1. The van der Waals surface area contributed by atoms with Crippen LogP contribution in [-0.4, -0.2) is 34.8 Å². The van der Waals surface area contributed by atoms with Gasteiger partial charge in [-0.1, -0.05) is 17.7 Å². The van der Waals surface area contributed by atoms with E-state index in [2.05, 4.69) is 16.0 Å². The Morgan fingerprint density at radius 2 is 1.83 bits per heavy atom. The number of nitrogens with one attached hydrogen (secondary N) is 3. The summed E-state index contributed by atoms with van der Waals surface area (Å²) in [6.07, 6.45) is -0.551. The summed E-state index contributed by atoms with van der Waals surface area (Å²) in [5, 5.41) is 7.92. The Morgan fingerprint density at radius 1 is 1.14 bits per heavy atom. The number of amides is 3. The second kappa shape index (κ2) is 9.00. The molecule has 0 aromatic heterocycles. The molecule has 2 atom stereocenters. The maximum absolute atomic E-state index is 12.4. The minimum atomic E-state index is -0.551. The molecule has 1 aliphatic heterocycles. The zero-order chi connectivity index (χ0) is 21.0. The molecule has 8 heteroatoms. The molecule has 29 heavy (non-hydrogen) atoms. The number of benzene rings is 2. The highest BCUT2D eigenvalue weighted by atomic mass is 32.2. The van der Waals surface area contributed by atoms with E-state index in [4.69, 9.17) is 4.74 Å². The predicted octanol–water partition coefficient (Wildman–Crippen LogP) is 3.41. The highest BCUT2D eigenvalue weighted by Crippen LogP contribution is 2.32. The van der Waals surface area contributed by atoms with E-state index in [0.717, 1.165) is 11.3 Å². The third-order valence-electron chi connectivity index (χ3n) is 4.35. The lowest BCUT2D eigenvalue weighted by atomic mass is 10.2. The molecule has 0 fully saturated rings. The third kappa shape index (κ3) is 5.51. The molecule has 0 saturated heterocycles. The van der Waals surface area contributed by atoms with Crippen molar-refractivity contribution in [2.45, 2.75) is 32.1 Å². The number of aryl methyl sites for hydroxylation is 1. The van der Waals surface area contributed by atoms with Gasteiger partial charge in [0.05, 0.1) is 16.7 Å². The van der Waals surface area contributed by atoms with Crippen LogP contribution in [0.1, 0.15) is 19.4 Å². The number of carbonyl (C=O) groups excluding carboxylic acids is 3. The zero-order valence-electron chi connectivity index (χ0n) is 16.4. The van der Waals surface area contributed by atoms with E-state index in [0.29, 0.717) is 17.1 Å². The number of thioether (sulfide) groups is 1. The van der Waals surface area contributed by atoms with Crippen molar-refractivity contribution in [2.24, 2.45) is 0 Å². The van der Waals surface area contributed by atoms with Gasteiger partial charge in [-0.2, -0.15) is 0 Å². The second-order valence-corrected chi connectivity index (χ2v) is 8.15. The van der Waals surface area contributed by atoms with E-state index in [9.17, 15) is 14.4 Å². The van der Waals surface area contributed by atoms with Gasteiger partial charge in [-0.3, -0.25) is 14.4 Å². The van der Waals surface area contributed by atoms with Crippen LogP contribution in [0.15, 0.2) is 42.5 Å². The first kappa shape index (κ1) is 20.7. The Hall–Kier alpha value is -3.00. The average molecular weight is 413 g/mol. The molecule has 3 rings (SSSR count). The fourth-order valence-electron chi connectivity index (χ4n) is 2.64. The van der Waals surface area contributed by atoms with Gasteiger partial charge in [0.15, 0.2) is 6.10 Å². The summed E-state index contributed by atoms with van der Waals surface area (Å²) in [7, 11) is 0. The summed E-state index contributed by atoms with van der Waals surface area (Å²) in [6.45, 7) is 5.39. The molecule has 1 aliphatic rings. The molecule has 0 bridgehead atoms. The van der Waals surface area contributed by atoms with Crippen LogP contribution in [0.25, 0.3) is 0 Å². The molecule has 0 aliphatic carbocycles. The molecule has 0 radical (unpaired) electrons. The van der Waals surface area contributed by atoms with Crippen molar-refractivity contribution in [3.63, 3.8) is 0 Å². The first-order valence-corrected chi connectivity index (χ1v) is 10.3. The van der Waals surface area contributed by atoms with Crippen LogP contribution in [0.2, 0.25) is 0 Å². The Kier molecular flexibility index (Phi) is 6.43. The molecule has 2 aromatic carbocycles. The summed E-state index contributed by atoms with van der Waals surface area (Å²) < 4.78 is 5.50. The van der Waals surface area contributed by atoms with Crippen LogP contribution >= 0.6 is 11.8 Å². The molecule has 7 nitrogen and oxygen atoms in total. The van der Waals surface area contributed by atoms with Gasteiger partial charge in [0, 0.05) is 11.4 Å². The monoisotopic (exact) mass is 413 g/mol. The third-order valence-corrected chi connectivity index (χ3v) is 5.49. The summed E-state index contributed by atoms with van der Waals surface area (Å²) in [5.41, 5.74) is 2.91. The lowest BCUT2D eigenvalue weighted by Crippen LogP contribution is -2.34. The van der Waals surface area contributed by atoms with E-state index >= 15 is 0 Å². The summed E-state index contributed by atoms with van der Waals surface area (Å²) in [6, 6.07) is 12.6. The van der Waals surface area contributed by atoms with Crippen molar-refractivity contribution < 1.29 is 19.1 Å². The smallest absolute Gasteiger partial charge is 0.265 e. The topological polar surface area (TPSA) is 96.5 Å². The van der Waals surface area contributed by atoms with E-state index in [1.165, 1.54) is 11.8 Å². The lowest BCUT2D eigenvalue weighted by molar-refractivity contribution is -0.122. The number of carbonyl (C=O) groups is 3. The Labute approximate surface area is 173 Å². The van der Waals surface area contributed by atoms with Crippen molar-refractivity contribution in [2.75, 3.05) is 21.7 Å². The van der Waals surface area contributed by atoms with Crippen LogP contribution in [0, 0.1) is 6.92 Å². The molecule has 0 saturated carbocycles. The quantitative estimate of drug-likeness (QED) is 0.674. The van der Waals surface area contributed by atoms with Crippen molar-refractivity contribution in [1.82, 2.24) is 0 Å². The molecule has 3 N–H and O–H groups in total. The molecular weight excluding hydrogens is 390 g/mol. The molecule has 1 heterocycles. The fraction of sp³-hybridized carbons (Fsp3) is 0.286. The van der Waals surface area contributed by atoms with Gasteiger partial charge in [0.1, 0.15) is 5.75 Å². The molecular formula is C21H23N3O4S. The van der Waals surface area contributed by atoms with Gasteiger partial charge in [-0.25, -0.2) is 0 Å². The van der Waals surface area contributed by atoms with Crippen molar-refractivity contribution in [3.05, 3.63) is 48.0 Å². The molecule has 152 valence electrons. The van der Waals surface area contributed by atoms with Crippen LogP contribution in [-0.2, 0) is 14.4 Å². The highest BCUT2D eigenvalue weighted by Gasteiger charge is 2.24. The fourth-order valence-corrected chi connectivity index (χ4v) is 3.32. The molecule has 3 amide bonds. The molecule has 0 spiro atoms. The van der Waals surface area contributed by atoms with Gasteiger partial charge in [-0.05, 0) is 51.1 Å². The van der Waals surface area contributed by atoms with Crippen LogP contribution in [0.5, 0.6) is 5.75 Å². The summed E-state index contributed by atoms with van der Waals surface area (Å²) >= 11 is 1.25. The number of rotatable bonds is 6. The first-order chi connectivity index (χ1) is 13.8. The van der Waals surface area contributed by atoms with Crippen LogP contribution in [0.4, 0.5) is 17.1 Å². The Bertz CT molecular complexity index is 930. The number of ether oxygens (including phenoxy) is 1. The average Bonchev–Trinajstić information content (AvgIpc) is 2.69. The van der Waals surface area contributed by atoms with Gasteiger partial charge in [-0.15, -0.1) is 11.8 Å². The second-order valence-electron chi connectivity index (χ2n) is 6.82. The Morgan fingerprint density at radius 3 is 2.55 bits per heavy atom. The van der Waals surface area contributed by atoms with Gasteiger partial charge in [0.2, 0.25) is 11.8 Å². The highest BCUT2D eigenvalue weighted by molar-refractivity contribution is 8.01. The van der Waals surface area contributed by atoms with Crippen LogP contribution in [0.3, 0.4) is 0 Å². The van der Waals surface area contributed by atoms with Crippen molar-refractivity contribution in [3.8, 4) is 5.75 Å². The van der Waals surface area contributed by atoms with E-state index < -0.39 is 11.4 Å². The summed E-state index contributed by atoms with van der Waals surface area (Å²) in [5.74, 6) is 0.0969. The number of anilines is 3. The summed E-state index contributed by atoms with van der Waals surface area (Å²) in [4.78, 5) is 36.2. The van der Waals surface area contributed by atoms with Crippen LogP contribution < -0.4 is 20.7 Å². The van der Waals surface area contributed by atoms with Crippen molar-refractivity contribution in [1.29, 1.82) is 0 Å². The first-order valence-electron chi connectivity index (χ1n) is 9.22. The number of hydrogen-bond acceptors (Lipinski definition) is 5. The molecule has 2 aromatic rings. The minimum Gasteiger partial charge on any atom is -0.479 e. The predicted molar refractivity (Wildman–Crippen MR) is 116 cm³/mol. The SMILES string of the molecule is Cc1ccc(NC(=O)CS[C@@H](C)C(=O)Nc2ccc3c(c2)NC(=O)[C@@H](C)O3)cc1. The van der Waals surface area contributed by atoms with Gasteiger partial charge in [0.25, 0.3) is 5.91 Å². The van der Waals surface area contributed by atoms with E-state index in [1.807, 2.05) is 31.2 Å². The largest absolute Gasteiger partial charge is 0.479 e. The maximum atomic E-state index is 12.4. The lowest BCUT2D eigenvalue weighted by Gasteiger charge is -2.23. The zero-order valence-corrected chi connectivity index (χ0v) is 17.3.